The van der Waals surface area contributed by atoms with Crippen LogP contribution in [0.25, 0.3) is 0 Å². The summed E-state index contributed by atoms with van der Waals surface area (Å²) in [6.45, 7) is 1.35. The van der Waals surface area contributed by atoms with Crippen LogP contribution in [0.5, 0.6) is 0 Å². The summed E-state index contributed by atoms with van der Waals surface area (Å²) in [5.41, 5.74) is 2.63. The molecule has 0 spiro atoms. The Morgan fingerprint density at radius 3 is 2.63 bits per heavy atom. The predicted octanol–water partition coefficient (Wildman–Crippen LogP) is 4.92. The average molecular weight is 485 g/mol. The van der Waals surface area contributed by atoms with Crippen LogP contribution in [0.1, 0.15) is 38.2 Å². The molecule has 0 bridgehead atoms. The lowest BCUT2D eigenvalue weighted by Gasteiger charge is -2.20. The van der Waals surface area contributed by atoms with E-state index in [0.717, 1.165) is 16.7 Å². The smallest absolute Gasteiger partial charge is 0.469 e. The second-order valence-corrected chi connectivity index (χ2v) is 8.29. The third-order valence-electron chi connectivity index (χ3n) is 5.63. The van der Waals surface area contributed by atoms with Crippen LogP contribution in [0.3, 0.4) is 0 Å². The molecule has 1 saturated heterocycles. The normalized spacial score (nSPS) is 20.4. The Morgan fingerprint density at radius 2 is 1.91 bits per heavy atom. The quantitative estimate of drug-likeness (QED) is 0.344. The molecule has 2 aliphatic rings. The van der Waals surface area contributed by atoms with Gasteiger partial charge in [0.25, 0.3) is 0 Å². The van der Waals surface area contributed by atoms with E-state index in [4.69, 9.17) is 14.2 Å². The van der Waals surface area contributed by atoms with E-state index in [1.54, 1.807) is 18.2 Å². The topological polar surface area (TPSA) is 88.1 Å². The van der Waals surface area contributed by atoms with Crippen molar-refractivity contribution in [1.82, 2.24) is 0 Å². The molecule has 1 aromatic rings. The molecule has 0 amide bonds. The maximum atomic E-state index is 13.2. The highest BCUT2D eigenvalue weighted by Gasteiger charge is 2.35. The van der Waals surface area contributed by atoms with E-state index < -0.39 is 30.4 Å². The van der Waals surface area contributed by atoms with Crippen LogP contribution in [0.4, 0.5) is 9.18 Å². The third kappa shape index (κ3) is 8.24. The molecule has 35 heavy (non-hydrogen) atoms. The number of hydrogen-bond acceptors (Lipinski definition) is 7. The first-order valence-electron chi connectivity index (χ1n) is 11.4. The van der Waals surface area contributed by atoms with Crippen molar-refractivity contribution in [2.45, 2.75) is 57.3 Å². The molecule has 0 saturated carbocycles. The fourth-order valence-corrected chi connectivity index (χ4v) is 3.90. The number of carbonyl (C=O) groups excluding carboxylic acids is 3. The van der Waals surface area contributed by atoms with Crippen molar-refractivity contribution in [1.29, 1.82) is 0 Å². The molecule has 1 heterocycles. The zero-order chi connectivity index (χ0) is 25.2. The summed E-state index contributed by atoms with van der Waals surface area (Å²) >= 11 is 0. The number of halogens is 1. The molecule has 3 atom stereocenters. The zero-order valence-electron chi connectivity index (χ0n) is 19.8. The number of allylic oxidation sites excluding steroid dienone is 6. The second-order valence-electron chi connectivity index (χ2n) is 8.29. The van der Waals surface area contributed by atoms with Gasteiger partial charge >= 0.3 is 18.1 Å². The molecule has 186 valence electrons. The van der Waals surface area contributed by atoms with Crippen molar-refractivity contribution >= 4 is 18.1 Å². The second kappa shape index (κ2) is 12.7. The standard InChI is InChI=1S/C27H29FO7/c1-18(29)33-23(8-5-9-26(30)32-2)21-7-4-3-6-19(16-21)12-15-24-25(35-27(31)34-24)17-20-10-13-22(28)14-11-20/h3-4,6-7,10-15,23-25H,5,8-9,16-17H2,1-2H3/b15-12+/t23-,24-,25+/m1/s1. The van der Waals surface area contributed by atoms with E-state index >= 15 is 0 Å². The minimum absolute atomic E-state index is 0.239. The lowest BCUT2D eigenvalue weighted by atomic mass is 9.96. The lowest BCUT2D eigenvalue weighted by molar-refractivity contribution is -0.145. The third-order valence-corrected chi connectivity index (χ3v) is 5.63. The van der Waals surface area contributed by atoms with Crippen molar-refractivity contribution in [2.75, 3.05) is 7.11 Å². The number of rotatable bonds is 10. The van der Waals surface area contributed by atoms with Crippen molar-refractivity contribution in [3.05, 3.63) is 83.2 Å². The Kier molecular flexibility index (Phi) is 9.40. The molecule has 1 aromatic carbocycles. The van der Waals surface area contributed by atoms with Gasteiger partial charge in [-0.2, -0.15) is 0 Å². The summed E-state index contributed by atoms with van der Waals surface area (Å²) in [6.07, 6.45) is 11.0. The molecule has 7 nitrogen and oxygen atoms in total. The van der Waals surface area contributed by atoms with Gasteiger partial charge in [0.2, 0.25) is 0 Å². The monoisotopic (exact) mass is 484 g/mol. The van der Waals surface area contributed by atoms with E-state index in [1.165, 1.54) is 26.2 Å². The zero-order valence-corrected chi connectivity index (χ0v) is 19.8. The lowest BCUT2D eigenvalue weighted by Crippen LogP contribution is -2.23. The number of carbonyl (C=O) groups is 3. The number of esters is 2. The van der Waals surface area contributed by atoms with Gasteiger partial charge in [-0.1, -0.05) is 42.5 Å². The molecule has 0 aromatic heterocycles. The van der Waals surface area contributed by atoms with Gasteiger partial charge in [-0.05, 0) is 54.2 Å². The molecule has 1 aliphatic heterocycles. The Hall–Kier alpha value is -3.68. The van der Waals surface area contributed by atoms with E-state index in [0.29, 0.717) is 25.7 Å². The minimum atomic E-state index is -0.748. The van der Waals surface area contributed by atoms with Crippen LogP contribution >= 0.6 is 0 Å². The van der Waals surface area contributed by atoms with Gasteiger partial charge in [-0.3, -0.25) is 9.59 Å². The largest absolute Gasteiger partial charge is 0.509 e. The van der Waals surface area contributed by atoms with Crippen molar-refractivity contribution in [2.24, 2.45) is 0 Å². The first-order valence-corrected chi connectivity index (χ1v) is 11.4. The Balaban J connectivity index is 1.66. The van der Waals surface area contributed by atoms with E-state index in [-0.39, 0.29) is 18.2 Å². The molecular formula is C27H29FO7. The minimum Gasteiger partial charge on any atom is -0.469 e. The average Bonchev–Trinajstić information content (AvgIpc) is 3.02. The van der Waals surface area contributed by atoms with E-state index in [1.807, 2.05) is 30.4 Å². The summed E-state index contributed by atoms with van der Waals surface area (Å²) in [5.74, 6) is -1.05. The SMILES string of the molecule is COC(=O)CCC[C@@H](OC(C)=O)C1=CC=CC=C(/C=C/[C@H]2OC(=O)O[C@H]2Cc2ccc(F)cc2)C1. The molecular weight excluding hydrogens is 455 g/mol. The molecule has 0 N–H and O–H groups in total. The fourth-order valence-electron chi connectivity index (χ4n) is 3.90. The van der Waals surface area contributed by atoms with Crippen LogP contribution in [0.2, 0.25) is 0 Å². The van der Waals surface area contributed by atoms with E-state index in [2.05, 4.69) is 4.74 Å². The highest BCUT2D eigenvalue weighted by molar-refractivity contribution is 5.69. The van der Waals surface area contributed by atoms with Gasteiger partial charge in [0.1, 0.15) is 11.9 Å². The van der Waals surface area contributed by atoms with Gasteiger partial charge in [0, 0.05) is 19.8 Å². The number of hydrogen-bond donors (Lipinski definition) is 0. The Bertz CT molecular complexity index is 1040. The van der Waals surface area contributed by atoms with Crippen LogP contribution in [-0.4, -0.2) is 43.5 Å². The van der Waals surface area contributed by atoms with Crippen LogP contribution < -0.4 is 0 Å². The number of ether oxygens (including phenoxy) is 4. The van der Waals surface area contributed by atoms with Crippen molar-refractivity contribution in [3.63, 3.8) is 0 Å². The van der Waals surface area contributed by atoms with Crippen molar-refractivity contribution < 1.29 is 37.7 Å². The Labute approximate surface area is 203 Å². The molecule has 0 unspecified atom stereocenters. The summed E-state index contributed by atoms with van der Waals surface area (Å²) in [5, 5.41) is 0. The summed E-state index contributed by atoms with van der Waals surface area (Å²) in [7, 11) is 1.34. The first-order chi connectivity index (χ1) is 16.8. The summed E-state index contributed by atoms with van der Waals surface area (Å²) < 4.78 is 34.0. The van der Waals surface area contributed by atoms with E-state index in [9.17, 15) is 18.8 Å². The van der Waals surface area contributed by atoms with Gasteiger partial charge < -0.3 is 18.9 Å². The van der Waals surface area contributed by atoms with Gasteiger partial charge in [0.15, 0.2) is 12.2 Å². The number of benzene rings is 1. The van der Waals surface area contributed by atoms with Crippen molar-refractivity contribution in [3.8, 4) is 0 Å². The molecule has 1 aliphatic carbocycles. The summed E-state index contributed by atoms with van der Waals surface area (Å²) in [6, 6.07) is 6.01. The molecule has 1 fully saturated rings. The molecule has 8 heteroatoms. The fraction of sp³-hybridized carbons (Fsp3) is 0.370. The van der Waals surface area contributed by atoms with Gasteiger partial charge in [-0.15, -0.1) is 0 Å². The number of cyclic esters (lactones) is 2. The van der Waals surface area contributed by atoms with Crippen LogP contribution in [-0.2, 0) is 35.0 Å². The Morgan fingerprint density at radius 1 is 1.17 bits per heavy atom. The number of methoxy groups -OCH3 is 1. The van der Waals surface area contributed by atoms with Gasteiger partial charge in [-0.25, -0.2) is 9.18 Å². The van der Waals surface area contributed by atoms with Crippen LogP contribution in [0.15, 0.2) is 71.9 Å². The molecule has 3 rings (SSSR count). The molecule has 0 radical (unpaired) electrons. The highest BCUT2D eigenvalue weighted by atomic mass is 19.1. The predicted molar refractivity (Wildman–Crippen MR) is 126 cm³/mol. The maximum absolute atomic E-state index is 13.2. The first kappa shape index (κ1) is 25.9. The van der Waals surface area contributed by atoms with Crippen LogP contribution in [0, 0.1) is 5.82 Å². The summed E-state index contributed by atoms with van der Waals surface area (Å²) in [4.78, 5) is 34.9. The van der Waals surface area contributed by atoms with Gasteiger partial charge in [0.05, 0.1) is 7.11 Å². The highest BCUT2D eigenvalue weighted by Crippen LogP contribution is 2.26. The maximum Gasteiger partial charge on any atom is 0.509 e.